The lowest BCUT2D eigenvalue weighted by Gasteiger charge is -2.55. The first-order chi connectivity index (χ1) is 11.7. The second-order valence-electron chi connectivity index (χ2n) is 7.92. The minimum atomic E-state index is -3.58. The van der Waals surface area contributed by atoms with Gasteiger partial charge < -0.3 is 5.11 Å². The molecule has 0 heterocycles. The molecule has 0 amide bonds. The maximum atomic E-state index is 13.3. The van der Waals surface area contributed by atoms with Gasteiger partial charge in [0.2, 0.25) is 10.0 Å². The minimum absolute atomic E-state index is 0.554. The Morgan fingerprint density at radius 1 is 1.04 bits per heavy atom. The zero-order chi connectivity index (χ0) is 18.0. The fraction of sp³-hybridized carbons (Fsp3) is 0.647. The molecule has 1 atom stereocenters. The second kappa shape index (κ2) is 6.96. The predicted octanol–water partition coefficient (Wildman–Crippen LogP) is 4.38. The number of halogens is 3. The van der Waals surface area contributed by atoms with Crippen LogP contribution in [0.3, 0.4) is 0 Å². The lowest BCUT2D eigenvalue weighted by Crippen LogP contribution is -2.58. The number of hydrogen-bond donors (Lipinski definition) is 2. The molecule has 138 valence electrons. The van der Waals surface area contributed by atoms with E-state index in [-0.39, 0.29) is 0 Å². The highest BCUT2D eigenvalue weighted by molar-refractivity contribution is 14.1. The van der Waals surface area contributed by atoms with Gasteiger partial charge in [-0.2, -0.15) is 4.72 Å². The summed E-state index contributed by atoms with van der Waals surface area (Å²) in [7, 11) is -3.58. The highest BCUT2D eigenvalue weighted by atomic mass is 127. The molecule has 4 bridgehead atoms. The van der Waals surface area contributed by atoms with Crippen LogP contribution in [-0.2, 0) is 10.0 Å². The van der Waals surface area contributed by atoms with E-state index in [1.54, 1.807) is 0 Å². The van der Waals surface area contributed by atoms with Crippen molar-refractivity contribution in [3.8, 4) is 0 Å². The van der Waals surface area contributed by atoms with Crippen molar-refractivity contribution in [1.29, 1.82) is 0 Å². The van der Waals surface area contributed by atoms with E-state index in [0.29, 0.717) is 23.3 Å². The van der Waals surface area contributed by atoms with Crippen LogP contribution in [0.2, 0.25) is 0 Å². The van der Waals surface area contributed by atoms with Crippen LogP contribution in [0.25, 0.3) is 0 Å². The van der Waals surface area contributed by atoms with Crippen LogP contribution in [0, 0.1) is 28.5 Å². The molecule has 4 saturated carbocycles. The Labute approximate surface area is 189 Å². The quantitative estimate of drug-likeness (QED) is 0.279. The monoisotopic (exact) mass is 699 g/mol. The van der Waals surface area contributed by atoms with Crippen LogP contribution in [0.4, 0.5) is 0 Å². The molecule has 5 rings (SSSR count). The van der Waals surface area contributed by atoms with Crippen molar-refractivity contribution in [3.05, 3.63) is 28.4 Å². The number of aliphatic hydroxyl groups excluding tert-OH is 1. The Kier molecular flexibility index (Phi) is 5.45. The molecule has 0 radical (unpaired) electrons. The van der Waals surface area contributed by atoms with E-state index >= 15 is 0 Å². The molecule has 4 nitrogen and oxygen atoms in total. The summed E-state index contributed by atoms with van der Waals surface area (Å²) in [6.45, 7) is 0. The summed E-state index contributed by atoms with van der Waals surface area (Å²) in [4.78, 5) is 0. The van der Waals surface area contributed by atoms with Crippen LogP contribution in [0.1, 0.15) is 50.3 Å². The first-order valence-electron chi connectivity index (χ1n) is 8.53. The van der Waals surface area contributed by atoms with Crippen LogP contribution in [0.5, 0.6) is 0 Å². The lowest BCUT2D eigenvalue weighted by molar-refractivity contribution is 0.0320. The summed E-state index contributed by atoms with van der Waals surface area (Å²) in [6.07, 6.45) is 4.71. The number of aliphatic hydroxyl groups is 1. The van der Waals surface area contributed by atoms with E-state index in [0.717, 1.165) is 30.0 Å². The van der Waals surface area contributed by atoms with Crippen LogP contribution < -0.4 is 4.72 Å². The Bertz CT molecular complexity index is 776. The van der Waals surface area contributed by atoms with Crippen molar-refractivity contribution in [2.24, 2.45) is 17.8 Å². The zero-order valence-electron chi connectivity index (χ0n) is 13.5. The molecule has 4 fully saturated rings. The Morgan fingerprint density at radius 2 is 1.56 bits per heavy atom. The highest BCUT2D eigenvalue weighted by Crippen LogP contribution is 2.58. The minimum Gasteiger partial charge on any atom is -0.373 e. The first kappa shape index (κ1) is 19.6. The third-order valence-corrected chi connectivity index (χ3v) is 12.0. The average molecular weight is 699 g/mol. The first-order valence-corrected chi connectivity index (χ1v) is 13.3. The molecule has 0 aliphatic heterocycles. The summed E-state index contributed by atoms with van der Waals surface area (Å²) < 4.78 is 31.4. The van der Waals surface area contributed by atoms with Crippen LogP contribution >= 0.6 is 67.8 Å². The van der Waals surface area contributed by atoms with Crippen molar-refractivity contribution in [1.82, 2.24) is 4.72 Å². The summed E-state index contributed by atoms with van der Waals surface area (Å²) in [6, 6.07) is 3.88. The SMILES string of the molecule is O=S(=O)(NC(O)c1cc(I)cc(I)c1I)C12CC3CC(CC(C3)C1)C2. The fourth-order valence-corrected chi connectivity index (χ4v) is 10.0. The van der Waals surface area contributed by atoms with Crippen LogP contribution in [-0.4, -0.2) is 18.3 Å². The van der Waals surface area contributed by atoms with E-state index in [2.05, 4.69) is 72.5 Å². The number of hydrogen-bond acceptors (Lipinski definition) is 3. The van der Waals surface area contributed by atoms with Gasteiger partial charge in [0.15, 0.2) is 0 Å². The molecule has 0 aromatic heterocycles. The third kappa shape index (κ3) is 3.53. The fourth-order valence-electron chi connectivity index (χ4n) is 5.47. The number of rotatable bonds is 4. The van der Waals surface area contributed by atoms with E-state index < -0.39 is 21.0 Å². The number of benzene rings is 1. The van der Waals surface area contributed by atoms with Gasteiger partial charge in [-0.25, -0.2) is 8.42 Å². The summed E-state index contributed by atoms with van der Waals surface area (Å²) in [5.74, 6) is 1.66. The average Bonchev–Trinajstić information content (AvgIpc) is 2.48. The normalized spacial score (nSPS) is 35.1. The number of nitrogens with one attached hydrogen (secondary N) is 1. The zero-order valence-corrected chi connectivity index (χ0v) is 20.8. The highest BCUT2D eigenvalue weighted by Gasteiger charge is 2.57. The predicted molar refractivity (Wildman–Crippen MR) is 123 cm³/mol. The second-order valence-corrected chi connectivity index (χ2v) is 13.5. The third-order valence-electron chi connectivity index (χ3n) is 6.13. The molecule has 1 unspecified atom stereocenters. The maximum Gasteiger partial charge on any atom is 0.219 e. The molecule has 4 aliphatic rings. The molecule has 8 heteroatoms. The van der Waals surface area contributed by atoms with Crippen molar-refractivity contribution in [2.45, 2.75) is 49.5 Å². The van der Waals surface area contributed by atoms with Gasteiger partial charge in [-0.05, 0) is 136 Å². The van der Waals surface area contributed by atoms with E-state index in [4.69, 9.17) is 0 Å². The van der Waals surface area contributed by atoms with Gasteiger partial charge in [-0.15, -0.1) is 0 Å². The van der Waals surface area contributed by atoms with E-state index in [9.17, 15) is 13.5 Å². The van der Waals surface area contributed by atoms with E-state index in [1.165, 1.54) is 19.3 Å². The largest absolute Gasteiger partial charge is 0.373 e. The standard InChI is InChI=1S/C17H20I3NO3S/c18-12-4-13(15(20)14(19)5-12)16(22)21-25(23,24)17-6-9-1-10(7-17)3-11(2-9)8-17/h4-5,9-11,16,21-22H,1-3,6-8H2. The van der Waals surface area contributed by atoms with Crippen LogP contribution in [0.15, 0.2) is 12.1 Å². The lowest BCUT2D eigenvalue weighted by atomic mass is 9.56. The van der Waals surface area contributed by atoms with Crippen molar-refractivity contribution >= 4 is 77.8 Å². The number of sulfonamides is 1. The smallest absolute Gasteiger partial charge is 0.219 e. The van der Waals surface area contributed by atoms with Gasteiger partial charge in [-0.1, -0.05) is 0 Å². The van der Waals surface area contributed by atoms with Gasteiger partial charge in [0.1, 0.15) is 6.23 Å². The molecule has 0 saturated heterocycles. The molecule has 25 heavy (non-hydrogen) atoms. The molecular formula is C17H20I3NO3S. The molecular weight excluding hydrogens is 679 g/mol. The molecule has 0 spiro atoms. The maximum absolute atomic E-state index is 13.3. The van der Waals surface area contributed by atoms with Gasteiger partial charge in [0.25, 0.3) is 0 Å². The Hall–Kier alpha value is 1.28. The molecule has 1 aromatic carbocycles. The summed E-state index contributed by atoms with van der Waals surface area (Å²) in [5.41, 5.74) is 0.644. The molecule has 4 aliphatic carbocycles. The van der Waals surface area contributed by atoms with E-state index in [1.807, 2.05) is 12.1 Å². The molecule has 2 N–H and O–H groups in total. The van der Waals surface area contributed by atoms with Crippen molar-refractivity contribution < 1.29 is 13.5 Å². The van der Waals surface area contributed by atoms with Crippen molar-refractivity contribution in [3.63, 3.8) is 0 Å². The molecule has 1 aromatic rings. The summed E-state index contributed by atoms with van der Waals surface area (Å²) >= 11 is 6.59. The Balaban J connectivity index is 1.62. The topological polar surface area (TPSA) is 66.4 Å². The van der Waals surface area contributed by atoms with Gasteiger partial charge >= 0.3 is 0 Å². The van der Waals surface area contributed by atoms with Gasteiger partial charge in [0, 0.05) is 16.3 Å². The van der Waals surface area contributed by atoms with Crippen molar-refractivity contribution in [2.75, 3.05) is 0 Å². The van der Waals surface area contributed by atoms with Gasteiger partial charge in [0.05, 0.1) is 4.75 Å². The van der Waals surface area contributed by atoms with Gasteiger partial charge in [-0.3, -0.25) is 0 Å². The summed E-state index contributed by atoms with van der Waals surface area (Å²) in [5, 5.41) is 10.7. The Morgan fingerprint density at radius 3 is 2.08 bits per heavy atom.